The van der Waals surface area contributed by atoms with Crippen molar-refractivity contribution in [2.24, 2.45) is 0 Å². The first-order valence-corrected chi connectivity index (χ1v) is 10.3. The number of allylic oxidation sites excluding steroid dienone is 3. The highest BCUT2D eigenvalue weighted by molar-refractivity contribution is 5.91. The molecule has 0 N–H and O–H groups in total. The number of benzene rings is 3. The van der Waals surface area contributed by atoms with E-state index in [1.165, 1.54) is 24.3 Å². The molecule has 5 heteroatoms. The van der Waals surface area contributed by atoms with Crippen LogP contribution in [0.1, 0.15) is 42.0 Å². The summed E-state index contributed by atoms with van der Waals surface area (Å²) in [4.78, 5) is 0. The highest BCUT2D eigenvalue weighted by atomic mass is 19.2. The van der Waals surface area contributed by atoms with Crippen LogP contribution in [0.25, 0.3) is 22.4 Å². The summed E-state index contributed by atoms with van der Waals surface area (Å²) in [5, 5.41) is -0.613. The smallest absolute Gasteiger partial charge is 0.169 e. The molecule has 0 radical (unpaired) electrons. The van der Waals surface area contributed by atoms with Crippen molar-refractivity contribution in [1.29, 1.82) is 0 Å². The Morgan fingerprint density at radius 3 is 2.22 bits per heavy atom. The summed E-state index contributed by atoms with van der Waals surface area (Å²) in [5.41, 5.74) is 0.182. The van der Waals surface area contributed by atoms with E-state index in [1.807, 2.05) is 6.92 Å². The highest BCUT2D eigenvalue weighted by Gasteiger charge is 2.22. The quantitative estimate of drug-likeness (QED) is 0.186. The van der Waals surface area contributed by atoms with Gasteiger partial charge in [-0.2, -0.15) is 0 Å². The second kappa shape index (κ2) is 10.4. The fourth-order valence-electron chi connectivity index (χ4n) is 3.52. The van der Waals surface area contributed by atoms with E-state index in [9.17, 15) is 17.6 Å². The number of hydrogen-bond acceptors (Lipinski definition) is 0. The molecule has 0 saturated carbocycles. The van der Waals surface area contributed by atoms with E-state index in [-0.39, 0.29) is 22.9 Å². The van der Waals surface area contributed by atoms with Crippen LogP contribution in [-0.4, -0.2) is 0 Å². The number of halogens is 5. The molecular weight excluding hydrogens is 419 g/mol. The van der Waals surface area contributed by atoms with Crippen LogP contribution in [-0.2, 0) is 12.8 Å². The molecule has 166 valence electrons. The van der Waals surface area contributed by atoms with Crippen molar-refractivity contribution in [2.75, 3.05) is 0 Å². The van der Waals surface area contributed by atoms with Gasteiger partial charge in [-0.1, -0.05) is 48.6 Å². The third-order valence-electron chi connectivity index (χ3n) is 5.29. The molecule has 0 aliphatic carbocycles. The molecule has 0 atom stereocenters. The van der Waals surface area contributed by atoms with Gasteiger partial charge in [0.05, 0.1) is 5.39 Å². The van der Waals surface area contributed by atoms with Gasteiger partial charge in [-0.05, 0) is 61.3 Å². The van der Waals surface area contributed by atoms with E-state index < -0.39 is 40.1 Å². The maximum Gasteiger partial charge on any atom is 0.169 e. The van der Waals surface area contributed by atoms with Crippen molar-refractivity contribution in [3.8, 4) is 0 Å². The Kier molecular flexibility index (Phi) is 7.62. The predicted molar refractivity (Wildman–Crippen MR) is 121 cm³/mol. The molecule has 0 heterocycles. The normalized spacial score (nSPS) is 12.4. The van der Waals surface area contributed by atoms with Gasteiger partial charge in [-0.15, -0.1) is 6.58 Å². The summed E-state index contributed by atoms with van der Waals surface area (Å²) in [6, 6.07) is 9.72. The van der Waals surface area contributed by atoms with Crippen LogP contribution >= 0.6 is 0 Å². The summed E-state index contributed by atoms with van der Waals surface area (Å²) in [6.07, 6.45) is 7.53. The molecular formula is C27H23F5. The van der Waals surface area contributed by atoms with E-state index in [0.717, 1.165) is 18.1 Å². The first-order chi connectivity index (χ1) is 15.4. The van der Waals surface area contributed by atoms with Gasteiger partial charge in [0.1, 0.15) is 5.82 Å². The van der Waals surface area contributed by atoms with Crippen molar-refractivity contribution >= 4 is 22.4 Å². The van der Waals surface area contributed by atoms with Gasteiger partial charge in [0, 0.05) is 11.1 Å². The molecule has 0 unspecified atom stereocenters. The largest absolute Gasteiger partial charge is 0.205 e. The second-order valence-electron chi connectivity index (χ2n) is 7.45. The van der Waals surface area contributed by atoms with Crippen molar-refractivity contribution < 1.29 is 22.0 Å². The Bertz CT molecular complexity index is 1190. The van der Waals surface area contributed by atoms with Crippen LogP contribution in [0.5, 0.6) is 0 Å². The zero-order chi connectivity index (χ0) is 23.3. The van der Waals surface area contributed by atoms with Gasteiger partial charge in [-0.3, -0.25) is 0 Å². The minimum absolute atomic E-state index is 0.0738. The summed E-state index contributed by atoms with van der Waals surface area (Å²) in [5.74, 6) is -6.67. The molecule has 3 aromatic rings. The van der Waals surface area contributed by atoms with E-state index >= 15 is 4.39 Å². The topological polar surface area (TPSA) is 0 Å². The lowest BCUT2D eigenvalue weighted by molar-refractivity contribution is 0.502. The molecule has 0 amide bonds. The van der Waals surface area contributed by atoms with E-state index in [2.05, 4.69) is 6.58 Å². The standard InChI is InChI=1S/C27H23F5/c1-3-5-7-9-20-16-19-14-15-21(25(30)22(19)27(32)24(20)29)26(31)23(28)18-12-10-17(11-13-18)8-6-4-2/h3-5,10-16H,2,6-9H2,1H3/b5-3+,26-23?. The summed E-state index contributed by atoms with van der Waals surface area (Å²) in [6.45, 7) is 5.45. The van der Waals surface area contributed by atoms with Crippen LogP contribution in [0.4, 0.5) is 22.0 Å². The fourth-order valence-corrected chi connectivity index (χ4v) is 3.52. The molecule has 0 aliphatic heterocycles. The summed E-state index contributed by atoms with van der Waals surface area (Å²) >= 11 is 0. The highest BCUT2D eigenvalue weighted by Crippen LogP contribution is 2.35. The summed E-state index contributed by atoms with van der Waals surface area (Å²) in [7, 11) is 0. The van der Waals surface area contributed by atoms with Gasteiger partial charge in [0.15, 0.2) is 23.3 Å². The van der Waals surface area contributed by atoms with Crippen LogP contribution < -0.4 is 0 Å². The molecule has 32 heavy (non-hydrogen) atoms. The lowest BCUT2D eigenvalue weighted by atomic mass is 9.98. The number of hydrogen-bond donors (Lipinski definition) is 0. The molecule has 3 rings (SSSR count). The molecule has 0 aliphatic rings. The molecule has 0 aromatic heterocycles. The predicted octanol–water partition coefficient (Wildman–Crippen LogP) is 8.65. The van der Waals surface area contributed by atoms with Crippen LogP contribution in [0.2, 0.25) is 0 Å². The van der Waals surface area contributed by atoms with Crippen LogP contribution in [0, 0.1) is 17.5 Å². The maximum absolute atomic E-state index is 15.0. The Morgan fingerprint density at radius 1 is 0.844 bits per heavy atom. The Labute approximate surface area is 184 Å². The van der Waals surface area contributed by atoms with Crippen molar-refractivity contribution in [3.05, 3.63) is 107 Å². The Morgan fingerprint density at radius 2 is 1.56 bits per heavy atom. The Balaban J connectivity index is 2.02. The second-order valence-corrected chi connectivity index (χ2v) is 7.45. The van der Waals surface area contributed by atoms with Crippen molar-refractivity contribution in [2.45, 2.75) is 32.6 Å². The van der Waals surface area contributed by atoms with Gasteiger partial charge in [0.2, 0.25) is 0 Å². The van der Waals surface area contributed by atoms with E-state index in [4.69, 9.17) is 0 Å². The lowest BCUT2D eigenvalue weighted by Gasteiger charge is -2.11. The van der Waals surface area contributed by atoms with Gasteiger partial charge in [-0.25, -0.2) is 22.0 Å². The Hall–Kier alpha value is -3.21. The molecule has 0 saturated heterocycles. The fraction of sp³-hybridized carbons (Fsp3) is 0.185. The third kappa shape index (κ3) is 4.82. The lowest BCUT2D eigenvalue weighted by Crippen LogP contribution is -2.00. The van der Waals surface area contributed by atoms with Crippen molar-refractivity contribution in [3.63, 3.8) is 0 Å². The van der Waals surface area contributed by atoms with Gasteiger partial charge < -0.3 is 0 Å². The van der Waals surface area contributed by atoms with Crippen molar-refractivity contribution in [1.82, 2.24) is 0 Å². The third-order valence-corrected chi connectivity index (χ3v) is 5.29. The van der Waals surface area contributed by atoms with Gasteiger partial charge in [0.25, 0.3) is 0 Å². The number of fused-ring (bicyclic) bond motifs is 1. The van der Waals surface area contributed by atoms with E-state index in [1.54, 1.807) is 30.4 Å². The molecule has 3 aromatic carbocycles. The minimum atomic E-state index is -1.47. The first-order valence-electron chi connectivity index (χ1n) is 10.3. The average Bonchev–Trinajstić information content (AvgIpc) is 2.80. The zero-order valence-electron chi connectivity index (χ0n) is 17.7. The molecule has 0 nitrogen and oxygen atoms in total. The average molecular weight is 442 g/mol. The molecule has 0 bridgehead atoms. The van der Waals surface area contributed by atoms with Crippen LogP contribution in [0.3, 0.4) is 0 Å². The monoisotopic (exact) mass is 442 g/mol. The van der Waals surface area contributed by atoms with Crippen LogP contribution in [0.15, 0.2) is 67.3 Å². The number of rotatable bonds is 8. The SMILES string of the molecule is C=CCCc1ccc(C(F)=C(F)c2ccc3cc(CC/C=C/C)c(F)c(F)c3c2F)cc1. The zero-order valence-corrected chi connectivity index (χ0v) is 17.7. The summed E-state index contributed by atoms with van der Waals surface area (Å²) < 4.78 is 73.7. The molecule has 0 fully saturated rings. The van der Waals surface area contributed by atoms with Gasteiger partial charge >= 0.3 is 0 Å². The molecule has 0 spiro atoms. The first kappa shape index (κ1) is 23.5. The van der Waals surface area contributed by atoms with E-state index in [0.29, 0.717) is 12.8 Å². The maximum atomic E-state index is 15.0. The number of aryl methyl sites for hydroxylation is 2. The minimum Gasteiger partial charge on any atom is -0.205 e.